The molecule has 0 aliphatic carbocycles. The van der Waals surface area contributed by atoms with E-state index >= 15 is 0 Å². The fourth-order valence-corrected chi connectivity index (χ4v) is 5.50. The Balaban J connectivity index is 2.09. The number of hydrogen-bond donors (Lipinski definition) is 7. The van der Waals surface area contributed by atoms with Crippen molar-refractivity contribution in [2.75, 3.05) is 13.1 Å². The van der Waals surface area contributed by atoms with Crippen LogP contribution in [0.2, 0.25) is 0 Å². The van der Waals surface area contributed by atoms with Crippen LogP contribution in [-0.2, 0) is 19.8 Å². The summed E-state index contributed by atoms with van der Waals surface area (Å²) >= 11 is 1.33. The highest BCUT2D eigenvalue weighted by molar-refractivity contribution is 8.03. The average molecular weight is 439 g/mol. The molecule has 2 aliphatic rings. The molecule has 0 unspecified atom stereocenters. The number of aliphatic hydroxyl groups excluding tert-OH is 1. The molecule has 0 amide bonds. The summed E-state index contributed by atoms with van der Waals surface area (Å²) in [6, 6.07) is -0.894. The van der Waals surface area contributed by atoms with Crippen molar-refractivity contribution in [2.24, 2.45) is 17.0 Å². The quantitative estimate of drug-likeness (QED) is 0.217. The standard InChI is InChI=1S/C15H26N4O7S2/c1-6-11(10(7(2)20)14(21)22)19-12(15(23)24)13(6)27-9-3-8(17-5-9)4-18-28(16,25)26/h6-11,17-20H,3-5H2,1-2H3,(H,21,22)(H,23,24)(H2,16,25,26)/t6-,7-,8+,9+,10-,11+/m1/s1. The molecule has 160 valence electrons. The van der Waals surface area contributed by atoms with Crippen LogP contribution in [0.5, 0.6) is 0 Å². The van der Waals surface area contributed by atoms with E-state index in [0.717, 1.165) is 0 Å². The van der Waals surface area contributed by atoms with Gasteiger partial charge in [0.25, 0.3) is 10.2 Å². The molecule has 0 aromatic carbocycles. The zero-order chi connectivity index (χ0) is 21.2. The molecule has 11 nitrogen and oxygen atoms in total. The van der Waals surface area contributed by atoms with Crippen molar-refractivity contribution < 1.29 is 33.3 Å². The van der Waals surface area contributed by atoms with E-state index in [1.807, 2.05) is 0 Å². The van der Waals surface area contributed by atoms with Crippen LogP contribution in [0.3, 0.4) is 0 Å². The maximum atomic E-state index is 11.7. The first-order valence-corrected chi connectivity index (χ1v) is 11.2. The van der Waals surface area contributed by atoms with Gasteiger partial charge in [0.2, 0.25) is 0 Å². The first kappa shape index (κ1) is 22.9. The summed E-state index contributed by atoms with van der Waals surface area (Å²) in [5, 5.41) is 39.6. The number of nitrogens with two attached hydrogens (primary N) is 1. The Morgan fingerprint density at radius 1 is 1.39 bits per heavy atom. The first-order valence-electron chi connectivity index (χ1n) is 8.73. The van der Waals surface area contributed by atoms with Gasteiger partial charge >= 0.3 is 11.9 Å². The third kappa shape index (κ3) is 5.58. The van der Waals surface area contributed by atoms with Gasteiger partial charge < -0.3 is 26.0 Å². The number of aliphatic hydroxyl groups is 1. The molecular weight excluding hydrogens is 412 g/mol. The molecule has 0 saturated carbocycles. The van der Waals surface area contributed by atoms with Crippen LogP contribution >= 0.6 is 11.8 Å². The topological polar surface area (TPSA) is 191 Å². The Morgan fingerprint density at radius 2 is 2.04 bits per heavy atom. The van der Waals surface area contributed by atoms with Crippen LogP contribution < -0.4 is 20.5 Å². The van der Waals surface area contributed by atoms with Crippen molar-refractivity contribution in [3.63, 3.8) is 0 Å². The van der Waals surface area contributed by atoms with Gasteiger partial charge in [0.05, 0.1) is 6.10 Å². The third-order valence-electron chi connectivity index (χ3n) is 4.92. The molecule has 0 aromatic rings. The summed E-state index contributed by atoms with van der Waals surface area (Å²) in [6.45, 7) is 3.76. The lowest BCUT2D eigenvalue weighted by Gasteiger charge is -2.27. The molecule has 0 bridgehead atoms. The summed E-state index contributed by atoms with van der Waals surface area (Å²) < 4.78 is 24.2. The van der Waals surface area contributed by atoms with Gasteiger partial charge in [-0.1, -0.05) is 6.92 Å². The van der Waals surface area contributed by atoms with E-state index < -0.39 is 46.1 Å². The Labute approximate surface area is 167 Å². The van der Waals surface area contributed by atoms with Gasteiger partial charge in [-0.05, 0) is 13.3 Å². The summed E-state index contributed by atoms with van der Waals surface area (Å²) in [5.74, 6) is -3.97. The number of rotatable bonds is 9. The fourth-order valence-electron chi connectivity index (χ4n) is 3.57. The molecule has 8 N–H and O–H groups in total. The van der Waals surface area contributed by atoms with Crippen LogP contribution in [0.1, 0.15) is 20.3 Å². The second-order valence-electron chi connectivity index (χ2n) is 7.08. The van der Waals surface area contributed by atoms with E-state index in [0.29, 0.717) is 17.9 Å². The van der Waals surface area contributed by atoms with Crippen LogP contribution in [0.4, 0.5) is 0 Å². The minimum atomic E-state index is -3.79. The monoisotopic (exact) mass is 438 g/mol. The molecule has 0 spiro atoms. The van der Waals surface area contributed by atoms with Crippen molar-refractivity contribution in [3.05, 3.63) is 10.6 Å². The highest BCUT2D eigenvalue weighted by Crippen LogP contribution is 2.41. The molecule has 0 radical (unpaired) electrons. The molecule has 2 aliphatic heterocycles. The van der Waals surface area contributed by atoms with Gasteiger partial charge in [0.1, 0.15) is 11.6 Å². The lowest BCUT2D eigenvalue weighted by atomic mass is 9.87. The van der Waals surface area contributed by atoms with E-state index in [4.69, 9.17) is 5.14 Å². The van der Waals surface area contributed by atoms with Crippen molar-refractivity contribution in [1.82, 2.24) is 15.4 Å². The normalized spacial score (nSPS) is 30.1. The average Bonchev–Trinajstić information content (AvgIpc) is 3.11. The maximum Gasteiger partial charge on any atom is 0.352 e. The summed E-state index contributed by atoms with van der Waals surface area (Å²) in [4.78, 5) is 23.7. The van der Waals surface area contributed by atoms with Gasteiger partial charge in [-0.2, -0.15) is 8.42 Å². The predicted octanol–water partition coefficient (Wildman–Crippen LogP) is -1.77. The van der Waals surface area contributed by atoms with Gasteiger partial charge in [0.15, 0.2) is 0 Å². The van der Waals surface area contributed by atoms with Crippen molar-refractivity contribution in [1.29, 1.82) is 0 Å². The SMILES string of the molecule is C[C@@H](O)[C@@H](C(=O)O)[C@H]1NC(C(=O)O)=C(S[C@@H]2CN[C@H](CNS(N)(=O)=O)C2)[C@@H]1C. The molecular formula is C15H26N4O7S2. The van der Waals surface area contributed by atoms with Crippen molar-refractivity contribution in [2.45, 2.75) is 43.7 Å². The highest BCUT2D eigenvalue weighted by atomic mass is 32.2. The molecule has 0 aromatic heterocycles. The van der Waals surface area contributed by atoms with E-state index in [1.165, 1.54) is 18.7 Å². The van der Waals surface area contributed by atoms with E-state index in [2.05, 4.69) is 15.4 Å². The Hall–Kier alpha value is -1.38. The van der Waals surface area contributed by atoms with E-state index in [9.17, 15) is 33.3 Å². The Bertz CT molecular complexity index is 755. The van der Waals surface area contributed by atoms with Crippen LogP contribution in [0.25, 0.3) is 0 Å². The number of nitrogens with one attached hydrogen (secondary N) is 3. The Kier molecular flexibility index (Phi) is 7.33. The van der Waals surface area contributed by atoms with Crippen LogP contribution in [-0.4, -0.2) is 72.2 Å². The summed E-state index contributed by atoms with van der Waals surface area (Å²) in [5.41, 5.74) is -0.0551. The lowest BCUT2D eigenvalue weighted by Crippen LogP contribution is -2.45. The predicted molar refractivity (Wildman–Crippen MR) is 102 cm³/mol. The van der Waals surface area contributed by atoms with Crippen molar-refractivity contribution in [3.8, 4) is 0 Å². The minimum absolute atomic E-state index is 0.0190. The number of thioether (sulfide) groups is 1. The maximum absolute atomic E-state index is 11.7. The molecule has 13 heteroatoms. The molecule has 6 atom stereocenters. The van der Waals surface area contributed by atoms with Gasteiger partial charge in [-0.25, -0.2) is 14.7 Å². The number of aliphatic carboxylic acids is 2. The molecule has 2 heterocycles. The Morgan fingerprint density at radius 3 is 2.54 bits per heavy atom. The molecule has 1 fully saturated rings. The first-order chi connectivity index (χ1) is 12.9. The van der Waals surface area contributed by atoms with Gasteiger partial charge in [-0.3, -0.25) is 4.79 Å². The fraction of sp³-hybridized carbons (Fsp3) is 0.733. The number of carboxylic acids is 2. The largest absolute Gasteiger partial charge is 0.481 e. The van der Waals surface area contributed by atoms with E-state index in [-0.39, 0.29) is 23.5 Å². The summed E-state index contributed by atoms with van der Waals surface area (Å²) in [7, 11) is -3.79. The second-order valence-corrected chi connectivity index (χ2v) is 9.80. The number of hydrogen-bond acceptors (Lipinski definition) is 8. The van der Waals surface area contributed by atoms with Gasteiger partial charge in [0, 0.05) is 41.2 Å². The molecule has 28 heavy (non-hydrogen) atoms. The highest BCUT2D eigenvalue weighted by Gasteiger charge is 2.44. The second kappa shape index (κ2) is 8.97. The van der Waals surface area contributed by atoms with Gasteiger partial charge in [-0.15, -0.1) is 11.8 Å². The molecule has 2 rings (SSSR count). The smallest absolute Gasteiger partial charge is 0.352 e. The minimum Gasteiger partial charge on any atom is -0.481 e. The lowest BCUT2D eigenvalue weighted by molar-refractivity contribution is -0.147. The molecule has 1 saturated heterocycles. The van der Waals surface area contributed by atoms with E-state index in [1.54, 1.807) is 6.92 Å². The number of carbonyl (C=O) groups is 2. The zero-order valence-corrected chi connectivity index (χ0v) is 17.1. The zero-order valence-electron chi connectivity index (χ0n) is 15.5. The summed E-state index contributed by atoms with van der Waals surface area (Å²) in [6.07, 6.45) is -0.571. The van der Waals surface area contributed by atoms with Crippen LogP contribution in [0.15, 0.2) is 10.6 Å². The third-order valence-corrected chi connectivity index (χ3v) is 7.01. The van der Waals surface area contributed by atoms with Crippen molar-refractivity contribution >= 4 is 33.9 Å². The van der Waals surface area contributed by atoms with Crippen LogP contribution in [0, 0.1) is 11.8 Å². The number of carboxylic acid groups (broad SMARTS) is 2.